The van der Waals surface area contributed by atoms with Crippen molar-refractivity contribution < 1.29 is 19.1 Å². The van der Waals surface area contributed by atoms with Crippen LogP contribution in [0.5, 0.6) is 11.5 Å². The van der Waals surface area contributed by atoms with Crippen LogP contribution < -0.4 is 14.8 Å². The standard InChI is InChI=1S/C28H31ClN2O4/c1-3-17-30-28(33)24(18-21-11-5-4-6-12-21)31(19-22-13-7-8-14-23(22)29)27(32)20-35-26-16-10-9-15-25(26)34-2/h4-16,24H,3,17-20H2,1-2H3,(H,30,33)/t24-/m0/s1. The number of rotatable bonds is 12. The summed E-state index contributed by atoms with van der Waals surface area (Å²) in [4.78, 5) is 28.4. The molecule has 0 bridgehead atoms. The third-order valence-corrected chi connectivity index (χ3v) is 5.91. The second kappa shape index (κ2) is 13.4. The van der Waals surface area contributed by atoms with E-state index in [1.807, 2.05) is 61.5 Å². The zero-order chi connectivity index (χ0) is 25.0. The Bertz CT molecular complexity index is 1110. The van der Waals surface area contributed by atoms with Crippen LogP contribution in [0.2, 0.25) is 5.02 Å². The number of hydrogen-bond donors (Lipinski definition) is 1. The fraction of sp³-hybridized carbons (Fsp3) is 0.286. The van der Waals surface area contributed by atoms with Gasteiger partial charge in [0.25, 0.3) is 5.91 Å². The van der Waals surface area contributed by atoms with Crippen LogP contribution in [-0.4, -0.2) is 43.0 Å². The van der Waals surface area contributed by atoms with Gasteiger partial charge in [0.2, 0.25) is 5.91 Å². The molecule has 6 nitrogen and oxygen atoms in total. The molecule has 0 aromatic heterocycles. The van der Waals surface area contributed by atoms with Gasteiger partial charge in [-0.2, -0.15) is 0 Å². The average molecular weight is 495 g/mol. The predicted octanol–water partition coefficient (Wildman–Crippen LogP) is 4.89. The maximum atomic E-state index is 13.6. The van der Waals surface area contributed by atoms with E-state index in [1.54, 1.807) is 36.3 Å². The zero-order valence-corrected chi connectivity index (χ0v) is 20.8. The Morgan fingerprint density at radius 2 is 1.60 bits per heavy atom. The maximum absolute atomic E-state index is 13.6. The van der Waals surface area contributed by atoms with Crippen LogP contribution in [0.15, 0.2) is 78.9 Å². The van der Waals surface area contributed by atoms with Crippen molar-refractivity contribution in [3.63, 3.8) is 0 Å². The minimum atomic E-state index is -0.742. The van der Waals surface area contributed by atoms with Gasteiger partial charge in [0, 0.05) is 24.5 Å². The number of halogens is 1. The monoisotopic (exact) mass is 494 g/mol. The molecule has 0 unspecified atom stereocenters. The first-order valence-electron chi connectivity index (χ1n) is 11.6. The molecule has 1 atom stereocenters. The predicted molar refractivity (Wildman–Crippen MR) is 138 cm³/mol. The smallest absolute Gasteiger partial charge is 0.261 e. The number of nitrogens with zero attached hydrogens (tertiary/aromatic N) is 1. The number of ether oxygens (including phenoxy) is 2. The Hall–Kier alpha value is -3.51. The molecule has 0 heterocycles. The molecule has 1 N–H and O–H groups in total. The Labute approximate surface area is 211 Å². The van der Waals surface area contributed by atoms with Crippen LogP contribution in [0, 0.1) is 0 Å². The van der Waals surface area contributed by atoms with Gasteiger partial charge in [-0.05, 0) is 35.7 Å². The summed E-state index contributed by atoms with van der Waals surface area (Å²) in [5, 5.41) is 3.48. The van der Waals surface area contributed by atoms with Gasteiger partial charge in [-0.15, -0.1) is 0 Å². The molecule has 0 aliphatic rings. The lowest BCUT2D eigenvalue weighted by atomic mass is 10.0. The van der Waals surface area contributed by atoms with Crippen LogP contribution in [0.25, 0.3) is 0 Å². The second-order valence-corrected chi connectivity index (χ2v) is 8.46. The molecule has 0 aliphatic carbocycles. The first kappa shape index (κ1) is 26.1. The number of hydrogen-bond acceptors (Lipinski definition) is 4. The Kier molecular flexibility index (Phi) is 9.99. The molecule has 2 amide bonds. The van der Waals surface area contributed by atoms with Gasteiger partial charge in [-0.1, -0.05) is 79.2 Å². The second-order valence-electron chi connectivity index (χ2n) is 8.05. The van der Waals surface area contributed by atoms with Gasteiger partial charge < -0.3 is 19.7 Å². The molecule has 0 saturated heterocycles. The molecule has 0 aliphatic heterocycles. The third-order valence-electron chi connectivity index (χ3n) is 5.54. The van der Waals surface area contributed by atoms with Crippen molar-refractivity contribution in [2.45, 2.75) is 32.4 Å². The van der Waals surface area contributed by atoms with Crippen molar-refractivity contribution in [1.82, 2.24) is 10.2 Å². The number of nitrogens with one attached hydrogen (secondary N) is 1. The number of carbonyl (C=O) groups excluding carboxylic acids is 2. The summed E-state index contributed by atoms with van der Waals surface area (Å²) >= 11 is 6.43. The topological polar surface area (TPSA) is 67.9 Å². The minimum absolute atomic E-state index is 0.171. The molecule has 3 aromatic rings. The van der Waals surface area contributed by atoms with E-state index < -0.39 is 6.04 Å². The van der Waals surface area contributed by atoms with Crippen molar-refractivity contribution in [2.75, 3.05) is 20.3 Å². The summed E-state index contributed by atoms with van der Waals surface area (Å²) in [6.07, 6.45) is 1.15. The summed E-state index contributed by atoms with van der Waals surface area (Å²) in [5.41, 5.74) is 1.70. The number of amides is 2. The number of benzene rings is 3. The van der Waals surface area contributed by atoms with Gasteiger partial charge in [0.15, 0.2) is 18.1 Å². The van der Waals surface area contributed by atoms with E-state index in [2.05, 4.69) is 5.32 Å². The fourth-order valence-corrected chi connectivity index (χ4v) is 3.89. The van der Waals surface area contributed by atoms with Crippen molar-refractivity contribution in [2.24, 2.45) is 0 Å². The number of para-hydroxylation sites is 2. The fourth-order valence-electron chi connectivity index (χ4n) is 3.69. The molecule has 0 spiro atoms. The van der Waals surface area contributed by atoms with E-state index in [9.17, 15) is 9.59 Å². The van der Waals surface area contributed by atoms with Crippen LogP contribution in [-0.2, 0) is 22.6 Å². The van der Waals surface area contributed by atoms with Gasteiger partial charge in [-0.3, -0.25) is 9.59 Å². The molecule has 0 fully saturated rings. The van der Waals surface area contributed by atoms with Gasteiger partial charge in [0.1, 0.15) is 6.04 Å². The molecular weight excluding hydrogens is 464 g/mol. The highest BCUT2D eigenvalue weighted by molar-refractivity contribution is 6.31. The van der Waals surface area contributed by atoms with E-state index in [-0.39, 0.29) is 25.0 Å². The average Bonchev–Trinajstić information content (AvgIpc) is 2.89. The van der Waals surface area contributed by atoms with Crippen molar-refractivity contribution in [3.05, 3.63) is 95.0 Å². The van der Waals surface area contributed by atoms with E-state index in [0.29, 0.717) is 29.5 Å². The van der Waals surface area contributed by atoms with Gasteiger partial charge in [0.05, 0.1) is 7.11 Å². The number of methoxy groups -OCH3 is 1. The normalized spacial score (nSPS) is 11.4. The van der Waals surface area contributed by atoms with E-state index >= 15 is 0 Å². The lowest BCUT2D eigenvalue weighted by Crippen LogP contribution is -2.51. The lowest BCUT2D eigenvalue weighted by molar-refractivity contribution is -0.142. The summed E-state index contributed by atoms with van der Waals surface area (Å²) in [5.74, 6) is 0.437. The Balaban J connectivity index is 1.91. The number of carbonyl (C=O) groups is 2. The van der Waals surface area contributed by atoms with Gasteiger partial charge in [-0.25, -0.2) is 0 Å². The van der Waals surface area contributed by atoms with Gasteiger partial charge >= 0.3 is 0 Å². The highest BCUT2D eigenvalue weighted by Gasteiger charge is 2.31. The highest BCUT2D eigenvalue weighted by Crippen LogP contribution is 2.26. The minimum Gasteiger partial charge on any atom is -0.493 e. The first-order chi connectivity index (χ1) is 17.0. The molecular formula is C28H31ClN2O4. The van der Waals surface area contributed by atoms with Crippen molar-refractivity contribution >= 4 is 23.4 Å². The maximum Gasteiger partial charge on any atom is 0.261 e. The molecule has 0 saturated carbocycles. The molecule has 3 rings (SSSR count). The summed E-state index contributed by atoms with van der Waals surface area (Å²) in [6, 6.07) is 23.4. The summed E-state index contributed by atoms with van der Waals surface area (Å²) in [7, 11) is 1.54. The molecule has 35 heavy (non-hydrogen) atoms. The lowest BCUT2D eigenvalue weighted by Gasteiger charge is -2.31. The van der Waals surface area contributed by atoms with Crippen LogP contribution in [0.1, 0.15) is 24.5 Å². The van der Waals surface area contributed by atoms with E-state index in [1.165, 1.54) is 0 Å². The van der Waals surface area contributed by atoms with Crippen LogP contribution >= 0.6 is 11.6 Å². The quantitative estimate of drug-likeness (QED) is 0.389. The largest absolute Gasteiger partial charge is 0.493 e. The first-order valence-corrected chi connectivity index (χ1v) is 12.0. The van der Waals surface area contributed by atoms with Crippen LogP contribution in [0.4, 0.5) is 0 Å². The summed E-state index contributed by atoms with van der Waals surface area (Å²) < 4.78 is 11.1. The Morgan fingerprint density at radius 3 is 2.29 bits per heavy atom. The highest BCUT2D eigenvalue weighted by atomic mass is 35.5. The summed E-state index contributed by atoms with van der Waals surface area (Å²) in [6.45, 7) is 2.43. The third kappa shape index (κ3) is 7.49. The molecule has 184 valence electrons. The Morgan fingerprint density at radius 1 is 0.943 bits per heavy atom. The molecule has 3 aromatic carbocycles. The molecule has 7 heteroatoms. The van der Waals surface area contributed by atoms with Crippen molar-refractivity contribution in [3.8, 4) is 11.5 Å². The van der Waals surface area contributed by atoms with E-state index in [0.717, 1.165) is 17.5 Å². The molecule has 0 radical (unpaired) electrons. The SMILES string of the molecule is CCCNC(=O)[C@H](Cc1ccccc1)N(Cc1ccccc1Cl)C(=O)COc1ccccc1OC. The van der Waals surface area contributed by atoms with E-state index in [4.69, 9.17) is 21.1 Å². The van der Waals surface area contributed by atoms with Crippen molar-refractivity contribution in [1.29, 1.82) is 0 Å². The zero-order valence-electron chi connectivity index (χ0n) is 20.1. The van der Waals surface area contributed by atoms with Crippen LogP contribution in [0.3, 0.4) is 0 Å².